The first kappa shape index (κ1) is 36.1. The van der Waals surface area contributed by atoms with E-state index < -0.39 is 6.04 Å². The van der Waals surface area contributed by atoms with Gasteiger partial charge in [-0.15, -0.1) is 0 Å². The summed E-state index contributed by atoms with van der Waals surface area (Å²) in [5.41, 5.74) is 7.53. The lowest BCUT2D eigenvalue weighted by atomic mass is 9.69. The van der Waals surface area contributed by atoms with E-state index in [4.69, 9.17) is 4.74 Å². The van der Waals surface area contributed by atoms with E-state index in [1.807, 2.05) is 24.3 Å². The van der Waals surface area contributed by atoms with Gasteiger partial charge in [0.1, 0.15) is 23.4 Å². The number of methoxy groups -OCH3 is 1. The van der Waals surface area contributed by atoms with Crippen molar-refractivity contribution in [2.24, 2.45) is 5.92 Å². The molecule has 0 aromatic heterocycles. The van der Waals surface area contributed by atoms with E-state index in [-0.39, 0.29) is 35.9 Å². The number of piperidine rings is 3. The lowest BCUT2D eigenvalue weighted by Crippen LogP contribution is -2.47. The number of amides is 2. The minimum absolute atomic E-state index is 0.133. The number of hydrogen-bond acceptors (Lipinski definition) is 7. The average molecular weight is 731 g/mol. The molecule has 3 fully saturated rings. The van der Waals surface area contributed by atoms with Gasteiger partial charge in [-0.05, 0) is 128 Å². The van der Waals surface area contributed by atoms with E-state index in [2.05, 4.69) is 75.0 Å². The molecule has 54 heavy (non-hydrogen) atoms. The second kappa shape index (κ2) is 15.8. The van der Waals surface area contributed by atoms with Crippen LogP contribution in [0.2, 0.25) is 0 Å². The van der Waals surface area contributed by atoms with Crippen molar-refractivity contribution in [1.82, 2.24) is 10.2 Å². The summed E-state index contributed by atoms with van der Waals surface area (Å²) in [5, 5.41) is 15.7. The van der Waals surface area contributed by atoms with Crippen LogP contribution in [0.1, 0.15) is 90.5 Å². The summed E-state index contributed by atoms with van der Waals surface area (Å²) in [7, 11) is 1.78. The molecule has 0 saturated carbocycles. The molecule has 9 heteroatoms. The lowest BCUT2D eigenvalue weighted by molar-refractivity contribution is -0.133. The predicted octanol–water partition coefficient (Wildman–Crippen LogP) is 7.71. The number of imide groups is 1. The molecule has 0 unspecified atom stereocenters. The number of rotatable bonds is 9. The summed E-state index contributed by atoms with van der Waals surface area (Å²) in [6.45, 7) is 5.02. The number of carbonyl (C=O) groups excluding carboxylic acids is 2. The van der Waals surface area contributed by atoms with E-state index in [9.17, 15) is 14.7 Å². The van der Waals surface area contributed by atoms with Crippen LogP contribution in [0.25, 0.3) is 0 Å². The van der Waals surface area contributed by atoms with Gasteiger partial charge in [-0.2, -0.15) is 0 Å². The molecule has 4 aromatic rings. The third-order valence-electron chi connectivity index (χ3n) is 12.5. The highest BCUT2D eigenvalue weighted by Crippen LogP contribution is 2.50. The number of carbonyl (C=O) groups is 2. The minimum atomic E-state index is -0.526. The van der Waals surface area contributed by atoms with Gasteiger partial charge in [0.15, 0.2) is 0 Å². The molecule has 8 rings (SSSR count). The van der Waals surface area contributed by atoms with E-state index >= 15 is 4.39 Å². The molecule has 0 bridgehead atoms. The number of phenolic OH excluding ortho intramolecular Hbond substituents is 1. The summed E-state index contributed by atoms with van der Waals surface area (Å²) in [6.07, 6.45) is 6.77. The molecule has 3 saturated heterocycles. The summed E-state index contributed by atoms with van der Waals surface area (Å²) < 4.78 is 21.4. The smallest absolute Gasteiger partial charge is 0.249 e. The molecule has 0 radical (unpaired) electrons. The van der Waals surface area contributed by atoms with Crippen LogP contribution in [0.4, 0.5) is 15.8 Å². The number of anilines is 2. The monoisotopic (exact) mass is 730 g/mol. The van der Waals surface area contributed by atoms with Gasteiger partial charge >= 0.3 is 0 Å². The van der Waals surface area contributed by atoms with Crippen LogP contribution in [0, 0.1) is 11.7 Å². The first-order valence-electron chi connectivity index (χ1n) is 19.7. The number of ether oxygens (including phenoxy) is 1. The van der Waals surface area contributed by atoms with Gasteiger partial charge in [-0.25, -0.2) is 4.39 Å². The number of aryl methyl sites for hydroxylation is 1. The van der Waals surface area contributed by atoms with Crippen molar-refractivity contribution in [2.45, 2.75) is 75.2 Å². The van der Waals surface area contributed by atoms with Crippen molar-refractivity contribution < 1.29 is 23.8 Å². The normalized spacial score (nSPS) is 22.8. The zero-order chi connectivity index (χ0) is 37.2. The fourth-order valence-corrected chi connectivity index (χ4v) is 9.55. The quantitative estimate of drug-likeness (QED) is 0.152. The van der Waals surface area contributed by atoms with Crippen molar-refractivity contribution in [2.75, 3.05) is 50.1 Å². The van der Waals surface area contributed by atoms with Crippen LogP contribution in [0.3, 0.4) is 0 Å². The SMILES string of the molecule is COc1cc(N2CCC(CN3CCC(c4ccc(N[C@@H]5CCC(=O)NC5=O)cc4F)CC3)CC2)ccc1[C@@H]1c2ccc(O)cc2CC[C@@H]1c1ccccc1. The maximum absolute atomic E-state index is 15.3. The highest BCUT2D eigenvalue weighted by molar-refractivity contribution is 6.01. The number of benzene rings is 4. The highest BCUT2D eigenvalue weighted by Gasteiger charge is 2.35. The summed E-state index contributed by atoms with van der Waals surface area (Å²) >= 11 is 0. The average Bonchev–Trinajstić information content (AvgIpc) is 3.19. The van der Waals surface area contributed by atoms with Crippen molar-refractivity contribution in [1.29, 1.82) is 0 Å². The van der Waals surface area contributed by atoms with E-state index in [1.54, 1.807) is 7.11 Å². The first-order valence-corrected chi connectivity index (χ1v) is 19.7. The van der Waals surface area contributed by atoms with E-state index in [1.165, 1.54) is 34.0 Å². The molecule has 3 N–H and O–H groups in total. The molecule has 4 aromatic carbocycles. The number of phenols is 1. The molecule has 3 atom stereocenters. The summed E-state index contributed by atoms with van der Waals surface area (Å²) in [5.74, 6) is 1.65. The van der Waals surface area contributed by atoms with Crippen LogP contribution in [0.5, 0.6) is 11.5 Å². The molecule has 1 aliphatic carbocycles. The Labute approximate surface area is 317 Å². The van der Waals surface area contributed by atoms with Crippen molar-refractivity contribution >= 4 is 23.2 Å². The topological polar surface area (TPSA) is 94.1 Å². The van der Waals surface area contributed by atoms with Gasteiger partial charge in [0.05, 0.1) is 7.11 Å². The van der Waals surface area contributed by atoms with E-state index in [0.29, 0.717) is 29.7 Å². The molecular formula is C45H51FN4O4. The van der Waals surface area contributed by atoms with Crippen LogP contribution in [-0.4, -0.2) is 67.7 Å². The highest BCUT2D eigenvalue weighted by atomic mass is 19.1. The van der Waals surface area contributed by atoms with Gasteiger partial charge in [0.2, 0.25) is 11.8 Å². The molecule has 3 heterocycles. The molecule has 4 aliphatic rings. The lowest BCUT2D eigenvalue weighted by Gasteiger charge is -2.39. The fourth-order valence-electron chi connectivity index (χ4n) is 9.55. The Balaban J connectivity index is 0.866. The van der Waals surface area contributed by atoms with E-state index in [0.717, 1.165) is 82.6 Å². The van der Waals surface area contributed by atoms with Gasteiger partial charge in [0.25, 0.3) is 0 Å². The maximum Gasteiger partial charge on any atom is 0.249 e. The van der Waals surface area contributed by atoms with Crippen molar-refractivity contribution in [3.63, 3.8) is 0 Å². The van der Waals surface area contributed by atoms with Gasteiger partial charge in [0, 0.05) is 55.0 Å². The Kier molecular flexibility index (Phi) is 10.6. The second-order valence-corrected chi connectivity index (χ2v) is 15.7. The number of halogens is 1. The molecule has 2 amide bonds. The fraction of sp³-hybridized carbons (Fsp3) is 0.422. The van der Waals surface area contributed by atoms with Gasteiger partial charge < -0.3 is 25.0 Å². The molecule has 8 nitrogen and oxygen atoms in total. The Morgan fingerprint density at radius 3 is 2.31 bits per heavy atom. The Morgan fingerprint density at radius 2 is 1.57 bits per heavy atom. The number of fused-ring (bicyclic) bond motifs is 1. The molecule has 0 spiro atoms. The second-order valence-electron chi connectivity index (χ2n) is 15.7. The standard InChI is InChI=1S/C45H51FN4O4/c1-54-42-27-34(9-13-39(42)44-37(30-5-3-2-4-6-30)11-7-32-25-35(51)10-14-38(32)44)50-23-17-29(18-24-50)28-49-21-19-31(20-22-49)36-12-8-33(26-40(36)46)47-41-15-16-43(52)48-45(41)53/h2-6,8-10,12-14,25-27,29,31,37,41,44,47,51H,7,11,15-24,28H2,1H3,(H,48,52,53)/t37-,41-,44+/m1/s1. The van der Waals surface area contributed by atoms with Crippen molar-refractivity contribution in [3.05, 3.63) is 119 Å². The number of nitrogens with one attached hydrogen (secondary N) is 2. The minimum Gasteiger partial charge on any atom is -0.508 e. The van der Waals surface area contributed by atoms with Crippen molar-refractivity contribution in [3.8, 4) is 11.5 Å². The van der Waals surface area contributed by atoms with Crippen LogP contribution in [0.15, 0.2) is 84.9 Å². The maximum atomic E-state index is 15.3. The third kappa shape index (κ3) is 7.69. The third-order valence-corrected chi connectivity index (χ3v) is 12.5. The number of aromatic hydroxyl groups is 1. The van der Waals surface area contributed by atoms with Crippen LogP contribution >= 0.6 is 0 Å². The Hall–Kier alpha value is -4.89. The van der Waals surface area contributed by atoms with Crippen LogP contribution in [-0.2, 0) is 16.0 Å². The first-order chi connectivity index (χ1) is 26.3. The summed E-state index contributed by atoms with van der Waals surface area (Å²) in [4.78, 5) is 28.7. The molecular weight excluding hydrogens is 680 g/mol. The summed E-state index contributed by atoms with van der Waals surface area (Å²) in [6, 6.07) is 28.1. The van der Waals surface area contributed by atoms with Gasteiger partial charge in [-0.1, -0.05) is 48.5 Å². The Morgan fingerprint density at radius 1 is 0.815 bits per heavy atom. The predicted molar refractivity (Wildman–Crippen MR) is 210 cm³/mol. The zero-order valence-corrected chi connectivity index (χ0v) is 31.1. The molecule has 3 aliphatic heterocycles. The number of likely N-dealkylation sites (tertiary alicyclic amines) is 1. The van der Waals surface area contributed by atoms with Gasteiger partial charge in [-0.3, -0.25) is 14.9 Å². The Bertz CT molecular complexity index is 1970. The number of hydrogen-bond donors (Lipinski definition) is 3. The molecule has 282 valence electrons. The number of nitrogens with zero attached hydrogens (tertiary/aromatic N) is 2. The van der Waals surface area contributed by atoms with Crippen LogP contribution < -0.4 is 20.3 Å². The zero-order valence-electron chi connectivity index (χ0n) is 31.1. The largest absolute Gasteiger partial charge is 0.508 e.